The summed E-state index contributed by atoms with van der Waals surface area (Å²) in [5, 5.41) is 0. The Hall–Kier alpha value is -0.250. The average molecular weight is 248 g/mol. The number of rotatable bonds is 4. The van der Waals surface area contributed by atoms with E-state index >= 15 is 0 Å². The maximum atomic E-state index is 9.00. The van der Waals surface area contributed by atoms with Gasteiger partial charge in [0.2, 0.25) is 0 Å². The fourth-order valence-electron chi connectivity index (χ4n) is 0.748. The van der Waals surface area contributed by atoms with Crippen molar-refractivity contribution in [3.8, 4) is 0 Å². The second-order valence-corrected chi connectivity index (χ2v) is 5.30. The molecule has 0 heterocycles. The zero-order chi connectivity index (χ0) is 11.6. The van der Waals surface area contributed by atoms with Crippen molar-refractivity contribution in [2.24, 2.45) is 0 Å². The van der Waals surface area contributed by atoms with Gasteiger partial charge in [-0.2, -0.15) is 0 Å². The minimum absolute atomic E-state index is 0.397. The molecule has 5 heteroatoms. The third-order valence-electron chi connectivity index (χ3n) is 1.25. The lowest BCUT2D eigenvalue weighted by molar-refractivity contribution is 0.212. The van der Waals surface area contributed by atoms with E-state index in [0.29, 0.717) is 13.2 Å². The fraction of sp³-hybridized carbons (Fsp3) is 0.400. The first-order valence-corrected chi connectivity index (χ1v) is 7.33. The second kappa shape index (κ2) is 9.01. The van der Waals surface area contributed by atoms with E-state index in [1.807, 2.05) is 36.4 Å². The minimum Gasteiger partial charge on any atom is -0.324 e. The Morgan fingerprint density at radius 3 is 1.40 bits per heavy atom. The van der Waals surface area contributed by atoms with Crippen LogP contribution in [-0.4, -0.2) is 18.1 Å². The first-order chi connectivity index (χ1) is 7.12. The summed E-state index contributed by atoms with van der Waals surface area (Å²) in [5.74, 6) is 0. The van der Waals surface area contributed by atoms with Crippen molar-refractivity contribution in [1.82, 2.24) is 0 Å². The van der Waals surface area contributed by atoms with Gasteiger partial charge in [-0.25, -0.2) is 0 Å². The van der Waals surface area contributed by atoms with Crippen LogP contribution in [0.15, 0.2) is 36.4 Å². The Bertz CT molecular complexity index is 243. The third kappa shape index (κ3) is 10.0. The third-order valence-corrected chi connectivity index (χ3v) is 3.05. The molecule has 0 amide bonds. The molecule has 0 aromatic heterocycles. The summed E-state index contributed by atoms with van der Waals surface area (Å²) in [6.45, 7) is 1.45. The molecule has 15 heavy (non-hydrogen) atoms. The smallest absolute Gasteiger partial charge is 0.324 e. The van der Waals surface area contributed by atoms with Gasteiger partial charge in [0, 0.05) is 0 Å². The van der Waals surface area contributed by atoms with Gasteiger partial charge >= 0.3 is 6.72 Å². The summed E-state index contributed by atoms with van der Waals surface area (Å²) in [6, 6.07) is 12.0. The van der Waals surface area contributed by atoms with Crippen molar-refractivity contribution in [2.45, 2.75) is 13.8 Å². The first-order valence-electron chi connectivity index (χ1n) is 4.74. The Kier molecular flexibility index (Phi) is 8.86. The first kappa shape index (κ1) is 14.8. The normalized spacial score (nSPS) is 10.3. The maximum absolute atomic E-state index is 9.00. The van der Waals surface area contributed by atoms with Crippen LogP contribution in [0.4, 0.5) is 0 Å². The van der Waals surface area contributed by atoms with Gasteiger partial charge in [0.05, 0.1) is 13.2 Å². The molecule has 0 fully saturated rings. The Morgan fingerprint density at radius 1 is 0.933 bits per heavy atom. The summed E-state index contributed by atoms with van der Waals surface area (Å²) in [5.41, 5.74) is 0. The Morgan fingerprint density at radius 2 is 1.20 bits per heavy atom. The maximum Gasteiger partial charge on any atom is 0.324 e. The molecule has 1 N–H and O–H groups in total. The van der Waals surface area contributed by atoms with E-state index in [1.165, 1.54) is 0 Å². The Labute approximate surface area is 96.3 Å². The number of hydrogen-bond donors (Lipinski definition) is 1. The van der Waals surface area contributed by atoms with Crippen LogP contribution in [-0.2, 0) is 20.9 Å². The molecule has 1 aromatic carbocycles. The molecule has 1 rings (SSSR count). The van der Waals surface area contributed by atoms with Gasteiger partial charge in [-0.3, -0.25) is 0 Å². The van der Waals surface area contributed by atoms with E-state index in [4.69, 9.17) is 13.9 Å². The van der Waals surface area contributed by atoms with Gasteiger partial charge in [0.15, 0.2) is 0 Å². The van der Waals surface area contributed by atoms with Gasteiger partial charge in [-0.05, 0) is 25.7 Å². The Balaban J connectivity index is 0.000000280. The zero-order valence-electron chi connectivity index (χ0n) is 9.00. The van der Waals surface area contributed by atoms with Gasteiger partial charge in [0.25, 0.3) is 0 Å². The van der Waals surface area contributed by atoms with Crippen LogP contribution < -0.4 is 0 Å². The second-order valence-electron chi connectivity index (χ2n) is 2.46. The zero-order valence-corrected chi connectivity index (χ0v) is 10.7. The van der Waals surface area contributed by atoms with Gasteiger partial charge in [-0.1, -0.05) is 36.4 Å². The highest BCUT2D eigenvalue weighted by molar-refractivity contribution is 8.07. The van der Waals surface area contributed by atoms with Crippen molar-refractivity contribution in [2.75, 3.05) is 13.2 Å². The van der Waals surface area contributed by atoms with Crippen LogP contribution in [0.2, 0.25) is 0 Å². The summed E-state index contributed by atoms with van der Waals surface area (Å²) in [6.07, 6.45) is 0. The van der Waals surface area contributed by atoms with E-state index in [1.54, 1.807) is 13.8 Å². The van der Waals surface area contributed by atoms with Crippen molar-refractivity contribution < 1.29 is 13.9 Å². The standard InChI is InChI=1S/C6H6.C4H11O3PS/c1-2-4-6-5-3-1;1-3-6-8(5,9)7-4-2/h1-6H;3-4H2,1-2H3,(H,5,9). The molecule has 0 saturated carbocycles. The van der Waals surface area contributed by atoms with E-state index in [2.05, 4.69) is 11.8 Å². The van der Waals surface area contributed by atoms with Crippen LogP contribution in [0, 0.1) is 0 Å². The molecule has 0 aliphatic heterocycles. The molecule has 0 aliphatic carbocycles. The SMILES string of the molecule is CCOP(O)(=S)OCC.c1ccccc1. The molecule has 0 unspecified atom stereocenters. The van der Waals surface area contributed by atoms with E-state index in [-0.39, 0.29) is 0 Å². The molecular weight excluding hydrogens is 231 g/mol. The molecule has 3 nitrogen and oxygen atoms in total. The molecular formula is C10H17O3PS. The van der Waals surface area contributed by atoms with Crippen LogP contribution in [0.5, 0.6) is 0 Å². The molecule has 0 atom stereocenters. The summed E-state index contributed by atoms with van der Waals surface area (Å²) >= 11 is 4.56. The molecule has 86 valence electrons. The number of hydrogen-bond acceptors (Lipinski definition) is 3. The highest BCUT2D eigenvalue weighted by atomic mass is 32.5. The van der Waals surface area contributed by atoms with Crippen molar-refractivity contribution in [1.29, 1.82) is 0 Å². The average Bonchev–Trinajstić information content (AvgIpc) is 2.21. The molecule has 0 radical (unpaired) electrons. The van der Waals surface area contributed by atoms with E-state index in [0.717, 1.165) is 0 Å². The molecule has 1 aromatic rings. The van der Waals surface area contributed by atoms with E-state index in [9.17, 15) is 0 Å². The topological polar surface area (TPSA) is 38.7 Å². The summed E-state index contributed by atoms with van der Waals surface area (Å²) < 4.78 is 9.46. The lowest BCUT2D eigenvalue weighted by atomic mass is 10.4. The van der Waals surface area contributed by atoms with Crippen LogP contribution in [0.1, 0.15) is 13.8 Å². The van der Waals surface area contributed by atoms with Gasteiger partial charge in [0.1, 0.15) is 0 Å². The molecule has 0 saturated heterocycles. The van der Waals surface area contributed by atoms with Gasteiger partial charge in [-0.15, -0.1) is 0 Å². The fourth-order valence-corrected chi connectivity index (χ4v) is 2.11. The van der Waals surface area contributed by atoms with Crippen LogP contribution in [0.3, 0.4) is 0 Å². The number of benzene rings is 1. The highest BCUT2D eigenvalue weighted by Crippen LogP contribution is 2.42. The predicted molar refractivity (Wildman–Crippen MR) is 66.2 cm³/mol. The molecule has 0 bridgehead atoms. The minimum atomic E-state index is -2.86. The lowest BCUT2D eigenvalue weighted by Crippen LogP contribution is -1.92. The molecule has 0 spiro atoms. The van der Waals surface area contributed by atoms with Crippen molar-refractivity contribution in [3.05, 3.63) is 36.4 Å². The van der Waals surface area contributed by atoms with Crippen molar-refractivity contribution >= 4 is 18.5 Å². The van der Waals surface area contributed by atoms with Crippen LogP contribution >= 0.6 is 6.72 Å². The monoisotopic (exact) mass is 248 g/mol. The quantitative estimate of drug-likeness (QED) is 0.831. The van der Waals surface area contributed by atoms with Crippen molar-refractivity contribution in [3.63, 3.8) is 0 Å². The predicted octanol–water partition coefficient (Wildman–Crippen LogP) is 2.96. The largest absolute Gasteiger partial charge is 0.324 e. The molecule has 0 aliphatic rings. The van der Waals surface area contributed by atoms with Gasteiger partial charge < -0.3 is 13.9 Å². The summed E-state index contributed by atoms with van der Waals surface area (Å²) in [4.78, 5) is 9.00. The highest BCUT2D eigenvalue weighted by Gasteiger charge is 2.10. The lowest BCUT2D eigenvalue weighted by Gasteiger charge is -2.12. The summed E-state index contributed by atoms with van der Waals surface area (Å²) in [7, 11) is 0. The van der Waals surface area contributed by atoms with E-state index < -0.39 is 6.72 Å². The van der Waals surface area contributed by atoms with Crippen LogP contribution in [0.25, 0.3) is 0 Å².